The van der Waals surface area contributed by atoms with Crippen LogP contribution in [0.15, 0.2) is 47.1 Å². The maximum absolute atomic E-state index is 12.0. The smallest absolute Gasteiger partial charge is 0.258 e. The van der Waals surface area contributed by atoms with E-state index >= 15 is 0 Å². The number of para-hydroxylation sites is 1. The molecule has 0 N–H and O–H groups in total. The van der Waals surface area contributed by atoms with E-state index in [9.17, 15) is 4.79 Å². The van der Waals surface area contributed by atoms with E-state index in [1.165, 1.54) is 6.26 Å². The number of halogens is 1. The van der Waals surface area contributed by atoms with Gasteiger partial charge in [-0.05, 0) is 29.8 Å². The number of hydrogen-bond acceptors (Lipinski definition) is 3. The molecule has 0 fully saturated rings. The van der Waals surface area contributed by atoms with Gasteiger partial charge in [-0.3, -0.25) is 4.79 Å². The minimum Gasteiger partial charge on any atom is -0.492 e. The summed E-state index contributed by atoms with van der Waals surface area (Å²) in [7, 11) is 1.69. The van der Waals surface area contributed by atoms with E-state index in [-0.39, 0.29) is 11.1 Å². The van der Waals surface area contributed by atoms with Gasteiger partial charge in [0, 0.05) is 7.05 Å². The summed E-state index contributed by atoms with van der Waals surface area (Å²) >= 11 is 5.76. The van der Waals surface area contributed by atoms with E-state index in [4.69, 9.17) is 20.8 Å². The van der Waals surface area contributed by atoms with E-state index in [0.717, 1.165) is 5.75 Å². The second kappa shape index (κ2) is 6.29. The Morgan fingerprint density at radius 3 is 2.68 bits per heavy atom. The van der Waals surface area contributed by atoms with Gasteiger partial charge < -0.3 is 14.1 Å². The Labute approximate surface area is 116 Å². The third-order valence-electron chi connectivity index (χ3n) is 2.63. The molecule has 1 aromatic heterocycles. The Bertz CT molecular complexity index is 539. The Morgan fingerprint density at radius 1 is 1.32 bits per heavy atom. The molecule has 19 heavy (non-hydrogen) atoms. The minimum absolute atomic E-state index is 0.112. The topological polar surface area (TPSA) is 42.7 Å². The van der Waals surface area contributed by atoms with Gasteiger partial charge in [-0.2, -0.15) is 0 Å². The first-order valence-corrected chi connectivity index (χ1v) is 6.22. The molecule has 1 aromatic carbocycles. The van der Waals surface area contributed by atoms with Crippen LogP contribution in [0.2, 0.25) is 5.22 Å². The molecule has 0 saturated heterocycles. The number of ether oxygens (including phenoxy) is 1. The maximum atomic E-state index is 12.0. The predicted octanol–water partition coefficient (Wildman–Crippen LogP) is 3.08. The summed E-state index contributed by atoms with van der Waals surface area (Å²) in [6.45, 7) is 0.886. The van der Waals surface area contributed by atoms with Gasteiger partial charge in [0.2, 0.25) is 5.22 Å². The fourth-order valence-electron chi connectivity index (χ4n) is 1.57. The molecule has 2 rings (SSSR count). The van der Waals surface area contributed by atoms with Crippen LogP contribution in [0.25, 0.3) is 0 Å². The molecule has 5 heteroatoms. The van der Waals surface area contributed by atoms with Crippen LogP contribution in [-0.2, 0) is 0 Å². The molecule has 4 nitrogen and oxygen atoms in total. The van der Waals surface area contributed by atoms with Crippen molar-refractivity contribution in [2.24, 2.45) is 0 Å². The van der Waals surface area contributed by atoms with Crippen molar-refractivity contribution in [3.8, 4) is 5.75 Å². The van der Waals surface area contributed by atoms with Crippen molar-refractivity contribution in [2.45, 2.75) is 0 Å². The molecule has 0 unspecified atom stereocenters. The molecule has 1 heterocycles. The number of carbonyl (C=O) groups excluding carboxylic acids is 1. The molecule has 100 valence electrons. The standard InChI is InChI=1S/C14H14ClNO3/c1-16(14(17)12-7-9-19-13(12)15)8-10-18-11-5-3-2-4-6-11/h2-7,9H,8,10H2,1H3. The normalized spacial score (nSPS) is 10.2. The van der Waals surface area contributed by atoms with Gasteiger partial charge in [0.15, 0.2) is 0 Å². The first kappa shape index (κ1) is 13.5. The molecule has 0 radical (unpaired) electrons. The van der Waals surface area contributed by atoms with Crippen LogP contribution in [0.1, 0.15) is 10.4 Å². The Kier molecular flexibility index (Phi) is 4.47. The number of nitrogens with zero attached hydrogens (tertiary/aromatic N) is 1. The summed E-state index contributed by atoms with van der Waals surface area (Å²) in [5, 5.41) is 0.112. The molecule has 0 saturated carbocycles. The lowest BCUT2D eigenvalue weighted by atomic mass is 10.3. The zero-order valence-corrected chi connectivity index (χ0v) is 11.3. The lowest BCUT2D eigenvalue weighted by Crippen LogP contribution is -2.30. The van der Waals surface area contributed by atoms with Crippen LogP contribution in [0.3, 0.4) is 0 Å². The third-order valence-corrected chi connectivity index (χ3v) is 2.93. The highest BCUT2D eigenvalue weighted by molar-refractivity contribution is 6.32. The molecule has 0 aliphatic carbocycles. The van der Waals surface area contributed by atoms with Gasteiger partial charge in [0.05, 0.1) is 18.4 Å². The molecule has 2 aromatic rings. The average molecular weight is 280 g/mol. The van der Waals surface area contributed by atoms with Crippen LogP contribution in [-0.4, -0.2) is 31.0 Å². The summed E-state index contributed by atoms with van der Waals surface area (Å²) in [5.41, 5.74) is 0.365. The van der Waals surface area contributed by atoms with Crippen molar-refractivity contribution in [2.75, 3.05) is 20.2 Å². The van der Waals surface area contributed by atoms with Crippen molar-refractivity contribution >= 4 is 17.5 Å². The molecule has 0 atom stereocenters. The lowest BCUT2D eigenvalue weighted by molar-refractivity contribution is 0.0773. The number of furan rings is 1. The predicted molar refractivity (Wildman–Crippen MR) is 72.6 cm³/mol. The number of rotatable bonds is 5. The summed E-state index contributed by atoms with van der Waals surface area (Å²) in [6.07, 6.45) is 1.39. The highest BCUT2D eigenvalue weighted by Gasteiger charge is 2.17. The highest BCUT2D eigenvalue weighted by Crippen LogP contribution is 2.18. The third kappa shape index (κ3) is 3.51. The second-order valence-electron chi connectivity index (χ2n) is 4.00. The fraction of sp³-hybridized carbons (Fsp3) is 0.214. The van der Waals surface area contributed by atoms with Crippen molar-refractivity contribution in [1.29, 1.82) is 0 Å². The molecule has 0 spiro atoms. The largest absolute Gasteiger partial charge is 0.492 e. The Morgan fingerprint density at radius 2 is 2.05 bits per heavy atom. The maximum Gasteiger partial charge on any atom is 0.258 e. The molecular weight excluding hydrogens is 266 g/mol. The van der Waals surface area contributed by atoms with Gasteiger partial charge in [-0.25, -0.2) is 0 Å². The van der Waals surface area contributed by atoms with Crippen molar-refractivity contribution < 1.29 is 13.9 Å². The van der Waals surface area contributed by atoms with Gasteiger partial charge in [-0.15, -0.1) is 0 Å². The highest BCUT2D eigenvalue weighted by atomic mass is 35.5. The second-order valence-corrected chi connectivity index (χ2v) is 4.34. The first-order valence-electron chi connectivity index (χ1n) is 5.85. The van der Waals surface area contributed by atoms with E-state index in [1.807, 2.05) is 30.3 Å². The summed E-state index contributed by atoms with van der Waals surface area (Å²) < 4.78 is 10.4. The SMILES string of the molecule is CN(CCOc1ccccc1)C(=O)c1ccoc1Cl. The number of carbonyl (C=O) groups is 1. The van der Waals surface area contributed by atoms with E-state index in [0.29, 0.717) is 18.7 Å². The minimum atomic E-state index is -0.185. The fourth-order valence-corrected chi connectivity index (χ4v) is 1.77. The van der Waals surface area contributed by atoms with Gasteiger partial charge in [0.25, 0.3) is 5.91 Å². The van der Waals surface area contributed by atoms with Crippen LogP contribution in [0, 0.1) is 0 Å². The quantitative estimate of drug-likeness (QED) is 0.845. The van der Waals surface area contributed by atoms with Crippen molar-refractivity contribution in [1.82, 2.24) is 4.90 Å². The Balaban J connectivity index is 1.83. The molecular formula is C14H14ClNO3. The van der Waals surface area contributed by atoms with Gasteiger partial charge >= 0.3 is 0 Å². The first-order chi connectivity index (χ1) is 9.18. The van der Waals surface area contributed by atoms with Crippen LogP contribution in [0.5, 0.6) is 5.75 Å². The van der Waals surface area contributed by atoms with Crippen molar-refractivity contribution in [3.63, 3.8) is 0 Å². The summed E-state index contributed by atoms with van der Waals surface area (Å²) in [5.74, 6) is 0.597. The molecule has 1 amide bonds. The summed E-state index contributed by atoms with van der Waals surface area (Å²) in [6, 6.07) is 11.0. The van der Waals surface area contributed by atoms with Crippen LogP contribution in [0.4, 0.5) is 0 Å². The zero-order chi connectivity index (χ0) is 13.7. The monoisotopic (exact) mass is 279 g/mol. The number of amides is 1. The van der Waals surface area contributed by atoms with E-state index in [2.05, 4.69) is 0 Å². The average Bonchev–Trinajstić information content (AvgIpc) is 2.85. The lowest BCUT2D eigenvalue weighted by Gasteiger charge is -2.16. The number of hydrogen-bond donors (Lipinski definition) is 0. The molecule has 0 aliphatic heterocycles. The number of likely N-dealkylation sites (N-methyl/N-ethyl adjacent to an activating group) is 1. The van der Waals surface area contributed by atoms with Crippen LogP contribution >= 0.6 is 11.6 Å². The van der Waals surface area contributed by atoms with E-state index in [1.54, 1.807) is 18.0 Å². The van der Waals surface area contributed by atoms with E-state index < -0.39 is 0 Å². The van der Waals surface area contributed by atoms with Crippen LogP contribution < -0.4 is 4.74 Å². The van der Waals surface area contributed by atoms with Crippen molar-refractivity contribution in [3.05, 3.63) is 53.4 Å². The Hall–Kier alpha value is -1.94. The molecule has 0 aliphatic rings. The molecule has 0 bridgehead atoms. The zero-order valence-electron chi connectivity index (χ0n) is 10.5. The van der Waals surface area contributed by atoms with Gasteiger partial charge in [0.1, 0.15) is 12.4 Å². The summed E-state index contributed by atoms with van der Waals surface area (Å²) in [4.78, 5) is 13.5. The van der Waals surface area contributed by atoms with Gasteiger partial charge in [-0.1, -0.05) is 18.2 Å². The number of benzene rings is 1.